The van der Waals surface area contributed by atoms with Gasteiger partial charge in [0.05, 0.1) is 0 Å². The Morgan fingerprint density at radius 3 is 2.85 bits per heavy atom. The van der Waals surface area contributed by atoms with Gasteiger partial charge in [-0.25, -0.2) is 4.79 Å². The number of rotatable bonds is 7. The van der Waals surface area contributed by atoms with Crippen molar-refractivity contribution in [3.05, 3.63) is 24.3 Å². The van der Waals surface area contributed by atoms with Gasteiger partial charge >= 0.3 is 5.97 Å². The fourth-order valence-electron chi connectivity index (χ4n) is 2.85. The van der Waals surface area contributed by atoms with Crippen LogP contribution < -0.4 is 14.8 Å². The van der Waals surface area contributed by atoms with E-state index in [1.165, 1.54) is 0 Å². The lowest BCUT2D eigenvalue weighted by Crippen LogP contribution is -2.40. The third-order valence-corrected chi connectivity index (χ3v) is 4.22. The van der Waals surface area contributed by atoms with Crippen LogP contribution in [0.2, 0.25) is 0 Å². The maximum absolute atomic E-state index is 12.0. The molecule has 3 rings (SSSR count). The molecule has 0 spiro atoms. The Labute approximate surface area is 151 Å². The van der Waals surface area contributed by atoms with E-state index in [0.717, 1.165) is 13.0 Å². The number of nitrogens with one attached hydrogen (secondary N) is 1. The maximum atomic E-state index is 12.0. The number of carbonyl (C=O) groups is 3. The van der Waals surface area contributed by atoms with Crippen LogP contribution in [0.25, 0.3) is 0 Å². The van der Waals surface area contributed by atoms with Crippen molar-refractivity contribution in [3.63, 3.8) is 0 Å². The summed E-state index contributed by atoms with van der Waals surface area (Å²) < 4.78 is 16.0. The van der Waals surface area contributed by atoms with Crippen molar-refractivity contribution in [2.45, 2.75) is 25.4 Å². The van der Waals surface area contributed by atoms with Gasteiger partial charge in [-0.05, 0) is 25.0 Å². The number of hydrogen-bond donors (Lipinski definition) is 1. The van der Waals surface area contributed by atoms with Gasteiger partial charge in [0.15, 0.2) is 18.1 Å². The molecule has 2 aliphatic rings. The van der Waals surface area contributed by atoms with Crippen LogP contribution in [0.4, 0.5) is 0 Å². The molecule has 0 radical (unpaired) electrons. The van der Waals surface area contributed by atoms with E-state index in [4.69, 9.17) is 14.2 Å². The second kappa shape index (κ2) is 8.55. The number of para-hydroxylation sites is 2. The number of nitrogens with zero attached hydrogens (tertiary/aromatic N) is 1. The SMILES string of the molecule is O=C(COC(=O)[C@@H]1COc2ccccc2O1)NCCCN1CCCC1=O. The molecule has 0 bridgehead atoms. The van der Waals surface area contributed by atoms with Crippen molar-refractivity contribution in [2.75, 3.05) is 32.8 Å². The van der Waals surface area contributed by atoms with E-state index in [1.807, 2.05) is 6.07 Å². The van der Waals surface area contributed by atoms with E-state index in [-0.39, 0.29) is 25.0 Å². The molecule has 2 heterocycles. The fraction of sp³-hybridized carbons (Fsp3) is 0.500. The number of hydrogen-bond acceptors (Lipinski definition) is 6. The van der Waals surface area contributed by atoms with Crippen LogP contribution in [0.3, 0.4) is 0 Å². The highest BCUT2D eigenvalue weighted by Crippen LogP contribution is 2.31. The lowest BCUT2D eigenvalue weighted by atomic mass is 10.2. The highest BCUT2D eigenvalue weighted by atomic mass is 16.6. The normalized spacial score (nSPS) is 18.5. The lowest BCUT2D eigenvalue weighted by molar-refractivity contribution is -0.157. The summed E-state index contributed by atoms with van der Waals surface area (Å²) in [5, 5.41) is 2.67. The molecule has 1 saturated heterocycles. The first kappa shape index (κ1) is 18.0. The third kappa shape index (κ3) is 4.65. The van der Waals surface area contributed by atoms with E-state index in [2.05, 4.69) is 5.32 Å². The fourth-order valence-corrected chi connectivity index (χ4v) is 2.85. The van der Waals surface area contributed by atoms with Gasteiger partial charge in [-0.2, -0.15) is 0 Å². The summed E-state index contributed by atoms with van der Waals surface area (Å²) in [6, 6.07) is 7.04. The summed E-state index contributed by atoms with van der Waals surface area (Å²) in [5.74, 6) is 0.189. The van der Waals surface area contributed by atoms with Crippen LogP contribution in [-0.2, 0) is 19.1 Å². The molecule has 140 valence electrons. The molecule has 0 saturated carbocycles. The summed E-state index contributed by atoms with van der Waals surface area (Å²) in [7, 11) is 0. The van der Waals surface area contributed by atoms with Crippen LogP contribution in [0.15, 0.2) is 24.3 Å². The molecular formula is C18H22N2O6. The molecule has 1 N–H and O–H groups in total. The molecule has 1 atom stereocenters. The standard InChI is InChI=1S/C18H22N2O6/c21-16(19-8-4-10-20-9-3-7-17(20)22)12-25-18(23)15-11-24-13-5-1-2-6-14(13)26-15/h1-2,5-6,15H,3-4,7-12H2,(H,19,21)/t15-/m0/s1. The summed E-state index contributed by atoms with van der Waals surface area (Å²) in [6.07, 6.45) is 1.29. The molecule has 1 aromatic rings. The smallest absolute Gasteiger partial charge is 0.351 e. The van der Waals surface area contributed by atoms with Crippen molar-refractivity contribution < 1.29 is 28.6 Å². The minimum Gasteiger partial charge on any atom is -0.485 e. The van der Waals surface area contributed by atoms with Crippen LogP contribution in [-0.4, -0.2) is 61.6 Å². The Morgan fingerprint density at radius 1 is 1.27 bits per heavy atom. The lowest BCUT2D eigenvalue weighted by Gasteiger charge is -2.24. The van der Waals surface area contributed by atoms with Gasteiger partial charge in [0.1, 0.15) is 6.61 Å². The second-order valence-corrected chi connectivity index (χ2v) is 6.16. The number of likely N-dealkylation sites (tertiary alicyclic amines) is 1. The van der Waals surface area contributed by atoms with E-state index in [9.17, 15) is 14.4 Å². The third-order valence-electron chi connectivity index (χ3n) is 4.22. The van der Waals surface area contributed by atoms with Gasteiger partial charge in [0, 0.05) is 26.1 Å². The molecule has 8 nitrogen and oxygen atoms in total. The minimum atomic E-state index is -0.890. The van der Waals surface area contributed by atoms with E-state index in [0.29, 0.717) is 37.4 Å². The van der Waals surface area contributed by atoms with Crippen molar-refractivity contribution >= 4 is 17.8 Å². The summed E-state index contributed by atoms with van der Waals surface area (Å²) in [5.41, 5.74) is 0. The van der Waals surface area contributed by atoms with Gasteiger partial charge in [-0.3, -0.25) is 9.59 Å². The Bertz CT molecular complexity index is 677. The number of benzene rings is 1. The first-order valence-electron chi connectivity index (χ1n) is 8.73. The molecular weight excluding hydrogens is 340 g/mol. The average Bonchev–Trinajstić information content (AvgIpc) is 3.07. The largest absolute Gasteiger partial charge is 0.485 e. The number of esters is 1. The number of ether oxygens (including phenoxy) is 3. The topological polar surface area (TPSA) is 94.2 Å². The zero-order valence-electron chi connectivity index (χ0n) is 14.4. The van der Waals surface area contributed by atoms with Gasteiger partial charge in [0.25, 0.3) is 5.91 Å². The predicted octanol–water partition coefficient (Wildman–Crippen LogP) is 0.498. The maximum Gasteiger partial charge on any atom is 0.351 e. The van der Waals surface area contributed by atoms with Crippen LogP contribution >= 0.6 is 0 Å². The molecule has 26 heavy (non-hydrogen) atoms. The highest BCUT2D eigenvalue weighted by Gasteiger charge is 2.29. The number of amides is 2. The van der Waals surface area contributed by atoms with Crippen molar-refractivity contribution in [3.8, 4) is 11.5 Å². The summed E-state index contributed by atoms with van der Waals surface area (Å²) in [6.45, 7) is 1.52. The predicted molar refractivity (Wildman–Crippen MR) is 90.8 cm³/mol. The zero-order valence-corrected chi connectivity index (χ0v) is 14.4. The van der Waals surface area contributed by atoms with Crippen LogP contribution in [0.5, 0.6) is 11.5 Å². The molecule has 8 heteroatoms. The quantitative estimate of drug-likeness (QED) is 0.561. The van der Waals surface area contributed by atoms with E-state index in [1.54, 1.807) is 23.1 Å². The summed E-state index contributed by atoms with van der Waals surface area (Å²) >= 11 is 0. The Morgan fingerprint density at radius 2 is 2.08 bits per heavy atom. The second-order valence-electron chi connectivity index (χ2n) is 6.16. The first-order chi connectivity index (χ1) is 12.6. The molecule has 0 aromatic heterocycles. The Balaban J connectivity index is 1.32. The molecule has 1 fully saturated rings. The van der Waals surface area contributed by atoms with Crippen LogP contribution in [0, 0.1) is 0 Å². The Hall–Kier alpha value is -2.77. The molecule has 0 aliphatic carbocycles. The summed E-state index contributed by atoms with van der Waals surface area (Å²) in [4.78, 5) is 37.0. The van der Waals surface area contributed by atoms with Gasteiger partial charge in [-0.15, -0.1) is 0 Å². The first-order valence-corrected chi connectivity index (χ1v) is 8.73. The monoisotopic (exact) mass is 362 g/mol. The van der Waals surface area contributed by atoms with E-state index >= 15 is 0 Å². The van der Waals surface area contributed by atoms with Crippen molar-refractivity contribution in [1.29, 1.82) is 0 Å². The Kier molecular flexibility index (Phi) is 5.93. The zero-order chi connectivity index (χ0) is 18.4. The molecule has 2 aliphatic heterocycles. The molecule has 2 amide bonds. The minimum absolute atomic E-state index is 0.0430. The molecule has 1 aromatic carbocycles. The van der Waals surface area contributed by atoms with Crippen molar-refractivity contribution in [1.82, 2.24) is 10.2 Å². The van der Waals surface area contributed by atoms with Gasteiger partial charge in [0.2, 0.25) is 12.0 Å². The van der Waals surface area contributed by atoms with Gasteiger partial charge < -0.3 is 24.4 Å². The van der Waals surface area contributed by atoms with Crippen molar-refractivity contribution in [2.24, 2.45) is 0 Å². The highest BCUT2D eigenvalue weighted by molar-refractivity contribution is 5.82. The number of fused-ring (bicyclic) bond motifs is 1. The van der Waals surface area contributed by atoms with Crippen LogP contribution in [0.1, 0.15) is 19.3 Å². The average molecular weight is 362 g/mol. The molecule has 0 unspecified atom stereocenters. The van der Waals surface area contributed by atoms with Gasteiger partial charge in [-0.1, -0.05) is 12.1 Å². The number of carbonyl (C=O) groups excluding carboxylic acids is 3. The van der Waals surface area contributed by atoms with E-state index < -0.39 is 12.1 Å².